The lowest BCUT2D eigenvalue weighted by Crippen LogP contribution is -2.42. The van der Waals surface area contributed by atoms with Crippen LogP contribution in [0.15, 0.2) is 81.1 Å². The lowest BCUT2D eigenvalue weighted by Gasteiger charge is -2.22. The highest BCUT2D eigenvalue weighted by atomic mass is 16.3. The second kappa shape index (κ2) is 7.84. The summed E-state index contributed by atoms with van der Waals surface area (Å²) in [6.45, 7) is 1.23. The van der Waals surface area contributed by atoms with Crippen molar-refractivity contribution in [2.75, 3.05) is 11.4 Å². The van der Waals surface area contributed by atoms with Gasteiger partial charge in [-0.2, -0.15) is 5.10 Å². The molecule has 0 saturated carbocycles. The molecule has 0 aliphatic carbocycles. The summed E-state index contributed by atoms with van der Waals surface area (Å²) >= 11 is 0. The van der Waals surface area contributed by atoms with Crippen LogP contribution < -0.4 is 4.90 Å². The van der Waals surface area contributed by atoms with Gasteiger partial charge in [0, 0.05) is 12.1 Å². The van der Waals surface area contributed by atoms with E-state index >= 15 is 0 Å². The molecule has 3 aromatic rings. The molecule has 9 nitrogen and oxygen atoms in total. The van der Waals surface area contributed by atoms with Gasteiger partial charge in [-0.25, -0.2) is 9.80 Å². The lowest BCUT2D eigenvalue weighted by atomic mass is 10.1. The van der Waals surface area contributed by atoms with Crippen LogP contribution in [0, 0.1) is 0 Å². The molecule has 2 aliphatic heterocycles. The van der Waals surface area contributed by atoms with E-state index in [4.69, 9.17) is 8.83 Å². The summed E-state index contributed by atoms with van der Waals surface area (Å²) in [7, 11) is 0. The third kappa shape index (κ3) is 3.27. The Morgan fingerprint density at radius 3 is 2.47 bits per heavy atom. The average Bonchev–Trinajstić information content (AvgIpc) is 3.59. The Morgan fingerprint density at radius 1 is 1.03 bits per heavy atom. The summed E-state index contributed by atoms with van der Waals surface area (Å²) < 4.78 is 10.9. The van der Waals surface area contributed by atoms with E-state index in [9.17, 15) is 14.4 Å². The van der Waals surface area contributed by atoms with Gasteiger partial charge in [0.2, 0.25) is 0 Å². The predicted octanol–water partition coefficient (Wildman–Crippen LogP) is 3.41. The Bertz CT molecular complexity index is 1170. The van der Waals surface area contributed by atoms with Gasteiger partial charge in [0.1, 0.15) is 35.9 Å². The molecule has 32 heavy (non-hydrogen) atoms. The van der Waals surface area contributed by atoms with E-state index in [-0.39, 0.29) is 0 Å². The highest BCUT2D eigenvalue weighted by Gasteiger charge is 2.45. The molecular weight excluding hydrogens is 412 g/mol. The molecule has 2 aliphatic rings. The van der Waals surface area contributed by atoms with E-state index in [1.165, 1.54) is 22.4 Å². The van der Waals surface area contributed by atoms with Crippen LogP contribution in [0.25, 0.3) is 0 Å². The number of furan rings is 2. The van der Waals surface area contributed by atoms with Crippen molar-refractivity contribution >= 4 is 29.2 Å². The number of hydrogen-bond donors (Lipinski definition) is 0. The van der Waals surface area contributed by atoms with Crippen molar-refractivity contribution in [1.82, 2.24) is 9.91 Å². The van der Waals surface area contributed by atoms with Crippen molar-refractivity contribution < 1.29 is 23.2 Å². The number of urea groups is 1. The van der Waals surface area contributed by atoms with Crippen molar-refractivity contribution in [2.24, 2.45) is 5.10 Å². The number of hydrogen-bond acceptors (Lipinski definition) is 6. The summed E-state index contributed by atoms with van der Waals surface area (Å²) in [6.07, 6.45) is 3.45. The minimum absolute atomic E-state index is 0.390. The van der Waals surface area contributed by atoms with E-state index in [2.05, 4.69) is 5.10 Å². The Hall–Kier alpha value is -4.14. The number of hydrazone groups is 1. The molecular formula is C23H20N4O5. The fourth-order valence-corrected chi connectivity index (χ4v) is 4.04. The molecule has 0 bridgehead atoms. The Morgan fingerprint density at radius 2 is 1.78 bits per heavy atom. The number of carbonyl (C=O) groups excluding carboxylic acids is 3. The number of rotatable bonds is 5. The van der Waals surface area contributed by atoms with Gasteiger partial charge in [-0.05, 0) is 43.3 Å². The van der Waals surface area contributed by atoms with E-state index in [1.807, 2.05) is 6.07 Å². The van der Waals surface area contributed by atoms with Gasteiger partial charge in [-0.3, -0.25) is 19.4 Å². The van der Waals surface area contributed by atoms with Crippen LogP contribution in [0.3, 0.4) is 0 Å². The van der Waals surface area contributed by atoms with Gasteiger partial charge < -0.3 is 8.83 Å². The molecule has 1 saturated heterocycles. The van der Waals surface area contributed by atoms with Crippen LogP contribution in [-0.2, 0) is 9.59 Å². The highest BCUT2D eigenvalue weighted by molar-refractivity contribution is 6.15. The van der Waals surface area contributed by atoms with Crippen molar-refractivity contribution in [3.8, 4) is 0 Å². The largest absolute Gasteiger partial charge is 0.467 e. The SMILES string of the molecule is C[C@@H]1C(=O)N(CC(=O)N2N=C(c3ccco3)C[C@H]2c2ccco2)C(=O)N1c1ccccc1. The average molecular weight is 432 g/mol. The van der Waals surface area contributed by atoms with Crippen LogP contribution in [0.1, 0.15) is 30.9 Å². The number of nitrogens with zero attached hydrogens (tertiary/aromatic N) is 4. The van der Waals surface area contributed by atoms with Gasteiger partial charge in [-0.1, -0.05) is 18.2 Å². The second-order valence-electron chi connectivity index (χ2n) is 7.59. The summed E-state index contributed by atoms with van der Waals surface area (Å²) in [5.74, 6) is 0.184. The Labute approximate surface area is 183 Å². The van der Waals surface area contributed by atoms with E-state index in [0.29, 0.717) is 29.3 Å². The number of carbonyl (C=O) groups is 3. The molecule has 0 N–H and O–H groups in total. The van der Waals surface area contributed by atoms with Crippen LogP contribution in [0.5, 0.6) is 0 Å². The molecule has 9 heteroatoms. The predicted molar refractivity (Wildman–Crippen MR) is 114 cm³/mol. The van der Waals surface area contributed by atoms with Crippen molar-refractivity contribution in [3.05, 3.63) is 78.6 Å². The molecule has 0 unspecified atom stereocenters. The van der Waals surface area contributed by atoms with Gasteiger partial charge in [0.25, 0.3) is 11.8 Å². The molecule has 1 aromatic carbocycles. The van der Waals surface area contributed by atoms with Gasteiger partial charge >= 0.3 is 6.03 Å². The normalized spacial score (nSPS) is 20.9. The number of imide groups is 1. The maximum Gasteiger partial charge on any atom is 0.332 e. The van der Waals surface area contributed by atoms with Crippen molar-refractivity contribution in [3.63, 3.8) is 0 Å². The molecule has 5 rings (SSSR count). The third-order valence-corrected chi connectivity index (χ3v) is 5.62. The van der Waals surface area contributed by atoms with E-state index in [1.54, 1.807) is 55.5 Å². The summed E-state index contributed by atoms with van der Waals surface area (Å²) in [5, 5.41) is 5.71. The van der Waals surface area contributed by atoms with Crippen molar-refractivity contribution in [2.45, 2.75) is 25.4 Å². The minimum Gasteiger partial charge on any atom is -0.467 e. The quantitative estimate of drug-likeness (QED) is 0.576. The van der Waals surface area contributed by atoms with Crippen LogP contribution in [0.4, 0.5) is 10.5 Å². The van der Waals surface area contributed by atoms with Crippen LogP contribution in [0.2, 0.25) is 0 Å². The first-order valence-corrected chi connectivity index (χ1v) is 10.2. The number of benzene rings is 1. The second-order valence-corrected chi connectivity index (χ2v) is 7.59. The zero-order chi connectivity index (χ0) is 22.2. The minimum atomic E-state index is -0.709. The molecule has 0 spiro atoms. The topological polar surface area (TPSA) is 99.6 Å². The standard InChI is InChI=1S/C23H20N4O5/c1-15-22(29)25(23(30)26(15)16-7-3-2-4-8-16)14-21(28)27-18(20-10-6-12-32-20)13-17(24-27)19-9-5-11-31-19/h2-12,15,18H,13-14H2,1H3/t15-,18+/m1/s1. The monoisotopic (exact) mass is 432 g/mol. The number of para-hydroxylation sites is 1. The molecule has 162 valence electrons. The Kier molecular flexibility index (Phi) is 4.85. The molecule has 4 heterocycles. The molecule has 2 atom stereocenters. The number of amides is 4. The summed E-state index contributed by atoms with van der Waals surface area (Å²) in [4.78, 5) is 41.5. The molecule has 4 amide bonds. The maximum atomic E-state index is 13.2. The van der Waals surface area contributed by atoms with Crippen molar-refractivity contribution in [1.29, 1.82) is 0 Å². The summed E-state index contributed by atoms with van der Waals surface area (Å²) in [5.41, 5.74) is 1.18. The van der Waals surface area contributed by atoms with Gasteiger partial charge in [-0.15, -0.1) is 0 Å². The smallest absolute Gasteiger partial charge is 0.332 e. The Balaban J connectivity index is 1.40. The van der Waals surface area contributed by atoms with E-state index < -0.39 is 36.5 Å². The third-order valence-electron chi connectivity index (χ3n) is 5.62. The fourth-order valence-electron chi connectivity index (χ4n) is 4.04. The number of anilines is 1. The zero-order valence-corrected chi connectivity index (χ0v) is 17.2. The van der Waals surface area contributed by atoms with E-state index in [0.717, 1.165) is 4.90 Å². The highest BCUT2D eigenvalue weighted by Crippen LogP contribution is 2.34. The molecule has 2 aromatic heterocycles. The molecule has 0 radical (unpaired) electrons. The zero-order valence-electron chi connectivity index (χ0n) is 17.2. The fraction of sp³-hybridized carbons (Fsp3) is 0.217. The van der Waals surface area contributed by atoms with Crippen LogP contribution >= 0.6 is 0 Å². The first-order chi connectivity index (χ1) is 15.5. The van der Waals surface area contributed by atoms with Crippen LogP contribution in [-0.4, -0.2) is 46.1 Å². The first-order valence-electron chi connectivity index (χ1n) is 10.2. The lowest BCUT2D eigenvalue weighted by molar-refractivity contribution is -0.138. The van der Waals surface area contributed by atoms with Gasteiger partial charge in [0.15, 0.2) is 0 Å². The maximum absolute atomic E-state index is 13.2. The molecule has 1 fully saturated rings. The first kappa shape index (κ1) is 19.8. The summed E-state index contributed by atoms with van der Waals surface area (Å²) in [6, 6.07) is 14.2. The van der Waals surface area contributed by atoms with Gasteiger partial charge in [0.05, 0.1) is 12.5 Å².